The fraction of sp³-hybridized carbons (Fsp3) is 0.652. The maximum Gasteiger partial charge on any atom is 0.341 e. The van der Waals surface area contributed by atoms with Crippen molar-refractivity contribution >= 4 is 40.0 Å². The minimum atomic E-state index is -0.384. The standard InChI is InChI=1S/C23H30N2O5S/c1-2-13-30-23(29)19-16-9-5-6-10-17(16)31-20(19)24-18(26)11-12-25-21(27)14-7-3-4-8-15(14)22(25)28/h14-15H,2-13H2,1H3,(H,24,26). The number of ether oxygens (including phenoxy) is 1. The van der Waals surface area contributed by atoms with Crippen molar-refractivity contribution < 1.29 is 23.9 Å². The first-order valence-electron chi connectivity index (χ1n) is 11.5. The van der Waals surface area contributed by atoms with E-state index in [2.05, 4.69) is 5.32 Å². The largest absolute Gasteiger partial charge is 0.462 e. The molecule has 2 atom stereocenters. The third-order valence-electron chi connectivity index (χ3n) is 6.56. The Hall–Kier alpha value is -2.22. The van der Waals surface area contributed by atoms with Crippen molar-refractivity contribution in [3.8, 4) is 0 Å². The lowest BCUT2D eigenvalue weighted by atomic mass is 9.81. The molecule has 1 saturated heterocycles. The van der Waals surface area contributed by atoms with E-state index in [-0.39, 0.29) is 48.5 Å². The van der Waals surface area contributed by atoms with Crippen LogP contribution in [0.3, 0.4) is 0 Å². The molecule has 1 N–H and O–H groups in total. The van der Waals surface area contributed by atoms with Crippen molar-refractivity contribution in [3.05, 3.63) is 16.0 Å². The number of thiophene rings is 1. The summed E-state index contributed by atoms with van der Waals surface area (Å²) in [4.78, 5) is 53.0. The molecule has 31 heavy (non-hydrogen) atoms. The lowest BCUT2D eigenvalue weighted by Gasteiger charge is -2.19. The van der Waals surface area contributed by atoms with Crippen LogP contribution in [0, 0.1) is 11.8 Å². The Labute approximate surface area is 186 Å². The zero-order valence-electron chi connectivity index (χ0n) is 18.0. The molecule has 8 heteroatoms. The number of fused-ring (bicyclic) bond motifs is 2. The lowest BCUT2D eigenvalue weighted by molar-refractivity contribution is -0.140. The van der Waals surface area contributed by atoms with Crippen LogP contribution in [0.1, 0.15) is 79.1 Å². The van der Waals surface area contributed by atoms with Crippen molar-refractivity contribution in [1.29, 1.82) is 0 Å². The summed E-state index contributed by atoms with van der Waals surface area (Å²) < 4.78 is 5.37. The molecule has 0 spiro atoms. The van der Waals surface area contributed by atoms with Gasteiger partial charge in [0.1, 0.15) is 5.00 Å². The number of aryl methyl sites for hydroxylation is 1. The zero-order chi connectivity index (χ0) is 22.0. The molecular formula is C23H30N2O5S. The average Bonchev–Trinajstić information content (AvgIpc) is 3.25. The number of nitrogens with one attached hydrogen (secondary N) is 1. The topological polar surface area (TPSA) is 92.8 Å². The van der Waals surface area contributed by atoms with Crippen LogP contribution < -0.4 is 5.32 Å². The highest BCUT2D eigenvalue weighted by Gasteiger charge is 2.47. The molecule has 7 nitrogen and oxygen atoms in total. The first kappa shape index (κ1) is 22.0. The van der Waals surface area contributed by atoms with Crippen molar-refractivity contribution in [3.63, 3.8) is 0 Å². The maximum absolute atomic E-state index is 12.7. The fourth-order valence-electron chi connectivity index (χ4n) is 4.99. The molecule has 168 valence electrons. The molecule has 1 saturated carbocycles. The minimum absolute atomic E-state index is 0.0307. The number of esters is 1. The van der Waals surface area contributed by atoms with Gasteiger partial charge in [0.05, 0.1) is 24.0 Å². The highest BCUT2D eigenvalue weighted by molar-refractivity contribution is 7.17. The SMILES string of the molecule is CCCOC(=O)c1c(NC(=O)CCN2C(=O)C3CCCCC3C2=O)sc2c1CCCC2. The number of hydrogen-bond donors (Lipinski definition) is 1. The fourth-order valence-corrected chi connectivity index (χ4v) is 6.28. The van der Waals surface area contributed by atoms with Crippen LogP contribution in [0.5, 0.6) is 0 Å². The summed E-state index contributed by atoms with van der Waals surface area (Å²) >= 11 is 1.45. The van der Waals surface area contributed by atoms with E-state index in [1.807, 2.05) is 6.92 Å². The van der Waals surface area contributed by atoms with E-state index in [4.69, 9.17) is 4.74 Å². The number of imide groups is 1. The predicted octanol–water partition coefficient (Wildman–Crippen LogP) is 3.70. The number of anilines is 1. The summed E-state index contributed by atoms with van der Waals surface area (Å²) in [6.45, 7) is 2.38. The highest BCUT2D eigenvalue weighted by atomic mass is 32.1. The van der Waals surface area contributed by atoms with E-state index >= 15 is 0 Å². The van der Waals surface area contributed by atoms with Gasteiger partial charge in [-0.1, -0.05) is 19.8 Å². The Morgan fingerprint density at radius 2 is 1.74 bits per heavy atom. The van der Waals surface area contributed by atoms with Gasteiger partial charge in [-0.05, 0) is 50.5 Å². The molecule has 3 amide bonds. The molecule has 3 aliphatic rings. The highest BCUT2D eigenvalue weighted by Crippen LogP contribution is 2.39. The number of hydrogen-bond acceptors (Lipinski definition) is 6. The Balaban J connectivity index is 1.43. The second-order valence-corrected chi connectivity index (χ2v) is 9.78. The van der Waals surface area contributed by atoms with E-state index < -0.39 is 0 Å². The number of rotatable bonds is 7. The van der Waals surface area contributed by atoms with Gasteiger partial charge in [-0.15, -0.1) is 11.3 Å². The second-order valence-electron chi connectivity index (χ2n) is 8.67. The van der Waals surface area contributed by atoms with Gasteiger partial charge in [-0.25, -0.2) is 4.79 Å². The van der Waals surface area contributed by atoms with Crippen LogP contribution in [-0.2, 0) is 32.0 Å². The number of likely N-dealkylation sites (tertiary alicyclic amines) is 1. The lowest BCUT2D eigenvalue weighted by Crippen LogP contribution is -2.34. The van der Waals surface area contributed by atoms with E-state index in [0.717, 1.165) is 68.2 Å². The monoisotopic (exact) mass is 446 g/mol. The molecule has 2 aliphatic carbocycles. The average molecular weight is 447 g/mol. The van der Waals surface area contributed by atoms with Gasteiger partial charge in [0.25, 0.3) is 0 Å². The Kier molecular flexibility index (Phi) is 6.74. The quantitative estimate of drug-likeness (QED) is 0.509. The van der Waals surface area contributed by atoms with Gasteiger partial charge in [0.15, 0.2) is 0 Å². The van der Waals surface area contributed by atoms with Gasteiger partial charge in [-0.2, -0.15) is 0 Å². The van der Waals surface area contributed by atoms with Gasteiger partial charge >= 0.3 is 5.97 Å². The zero-order valence-corrected chi connectivity index (χ0v) is 18.9. The van der Waals surface area contributed by atoms with Gasteiger partial charge in [-0.3, -0.25) is 19.3 Å². The van der Waals surface area contributed by atoms with Gasteiger partial charge in [0, 0.05) is 17.8 Å². The third-order valence-corrected chi connectivity index (χ3v) is 7.77. The number of carbonyl (C=O) groups is 4. The summed E-state index contributed by atoms with van der Waals surface area (Å²) in [6.07, 6.45) is 8.08. The van der Waals surface area contributed by atoms with E-state index in [1.165, 1.54) is 16.2 Å². The van der Waals surface area contributed by atoms with Crippen molar-refractivity contribution in [2.75, 3.05) is 18.5 Å². The molecule has 2 heterocycles. The van der Waals surface area contributed by atoms with Crippen molar-refractivity contribution in [1.82, 2.24) is 4.90 Å². The summed E-state index contributed by atoms with van der Waals surface area (Å²) in [6, 6.07) is 0. The minimum Gasteiger partial charge on any atom is -0.462 e. The van der Waals surface area contributed by atoms with Crippen LogP contribution in [0.2, 0.25) is 0 Å². The Bertz CT molecular complexity index is 869. The predicted molar refractivity (Wildman–Crippen MR) is 117 cm³/mol. The van der Waals surface area contributed by atoms with E-state index in [1.54, 1.807) is 0 Å². The van der Waals surface area contributed by atoms with Crippen LogP contribution >= 0.6 is 11.3 Å². The Morgan fingerprint density at radius 1 is 1.06 bits per heavy atom. The van der Waals surface area contributed by atoms with Crippen molar-refractivity contribution in [2.45, 2.75) is 71.1 Å². The summed E-state index contributed by atoms with van der Waals surface area (Å²) in [5, 5.41) is 3.40. The van der Waals surface area contributed by atoms with Crippen LogP contribution in [0.15, 0.2) is 0 Å². The molecule has 0 radical (unpaired) electrons. The number of carbonyl (C=O) groups excluding carboxylic acids is 4. The molecule has 0 aromatic carbocycles. The molecular weight excluding hydrogens is 416 g/mol. The van der Waals surface area contributed by atoms with Crippen LogP contribution in [0.4, 0.5) is 5.00 Å². The van der Waals surface area contributed by atoms with E-state index in [9.17, 15) is 19.2 Å². The normalized spacial score (nSPS) is 22.8. The molecule has 4 rings (SSSR count). The van der Waals surface area contributed by atoms with Gasteiger partial charge in [0.2, 0.25) is 17.7 Å². The third kappa shape index (κ3) is 4.40. The molecule has 2 unspecified atom stereocenters. The smallest absolute Gasteiger partial charge is 0.341 e. The second kappa shape index (κ2) is 9.51. The number of amides is 3. The van der Waals surface area contributed by atoms with E-state index in [0.29, 0.717) is 17.2 Å². The molecule has 1 aliphatic heterocycles. The van der Waals surface area contributed by atoms with Crippen molar-refractivity contribution in [2.24, 2.45) is 11.8 Å². The summed E-state index contributed by atoms with van der Waals surface area (Å²) in [5.74, 6) is -1.33. The first-order valence-corrected chi connectivity index (χ1v) is 12.3. The molecule has 1 aromatic rings. The molecule has 2 fully saturated rings. The van der Waals surface area contributed by atoms with Gasteiger partial charge < -0.3 is 10.1 Å². The van der Waals surface area contributed by atoms with Crippen LogP contribution in [-0.4, -0.2) is 41.7 Å². The first-order chi connectivity index (χ1) is 15.0. The maximum atomic E-state index is 12.7. The Morgan fingerprint density at radius 3 is 2.42 bits per heavy atom. The molecule has 1 aromatic heterocycles. The summed E-state index contributed by atoms with van der Waals surface area (Å²) in [7, 11) is 0. The number of nitrogens with zero attached hydrogens (tertiary/aromatic N) is 1. The van der Waals surface area contributed by atoms with Crippen LogP contribution in [0.25, 0.3) is 0 Å². The summed E-state index contributed by atoms with van der Waals surface area (Å²) in [5.41, 5.74) is 1.49. The molecule has 0 bridgehead atoms.